The van der Waals surface area contributed by atoms with Crippen LogP contribution in [0.2, 0.25) is 0 Å². The number of hydrogen-bond acceptors (Lipinski definition) is 5. The summed E-state index contributed by atoms with van der Waals surface area (Å²) in [6.07, 6.45) is 0. The minimum absolute atomic E-state index is 0.322. The van der Waals surface area contributed by atoms with E-state index in [4.69, 9.17) is 19.7 Å². The molecule has 31 heavy (non-hydrogen) atoms. The van der Waals surface area contributed by atoms with Gasteiger partial charge >= 0.3 is 5.97 Å². The molecule has 0 aliphatic rings. The Morgan fingerprint density at radius 3 is 2.42 bits per heavy atom. The minimum Gasteiger partial charge on any atom is -0.462 e. The summed E-state index contributed by atoms with van der Waals surface area (Å²) in [6.45, 7) is 4.16. The van der Waals surface area contributed by atoms with Gasteiger partial charge in [-0.25, -0.2) is 19.7 Å². The Hall–Kier alpha value is -4.06. The lowest BCUT2D eigenvalue weighted by Gasteiger charge is -2.12. The highest BCUT2D eigenvalue weighted by atomic mass is 16.5. The summed E-state index contributed by atoms with van der Waals surface area (Å²) in [7, 11) is 0. The number of carbonyl (C=O) groups is 1. The molecule has 0 aliphatic heterocycles. The van der Waals surface area contributed by atoms with E-state index in [-0.39, 0.29) is 5.97 Å². The van der Waals surface area contributed by atoms with E-state index in [0.717, 1.165) is 33.7 Å². The van der Waals surface area contributed by atoms with Crippen molar-refractivity contribution in [3.05, 3.63) is 83.9 Å². The summed E-state index contributed by atoms with van der Waals surface area (Å²) in [5.41, 5.74) is 6.08. The highest BCUT2D eigenvalue weighted by molar-refractivity contribution is 5.91. The van der Waals surface area contributed by atoms with Crippen molar-refractivity contribution in [3.8, 4) is 17.1 Å². The lowest BCUT2D eigenvalue weighted by atomic mass is 10.1. The molecule has 6 heteroatoms. The molecule has 2 aromatic heterocycles. The number of rotatable bonds is 4. The molecule has 0 amide bonds. The van der Waals surface area contributed by atoms with Crippen LogP contribution in [0, 0.1) is 6.92 Å². The van der Waals surface area contributed by atoms with E-state index in [9.17, 15) is 4.79 Å². The van der Waals surface area contributed by atoms with Crippen LogP contribution < -0.4 is 0 Å². The van der Waals surface area contributed by atoms with Crippen molar-refractivity contribution in [1.82, 2.24) is 19.5 Å². The monoisotopic (exact) mass is 408 g/mol. The molecular formula is C25H20N4O2. The molecule has 0 atom stereocenters. The van der Waals surface area contributed by atoms with E-state index >= 15 is 0 Å². The Morgan fingerprint density at radius 2 is 1.65 bits per heavy atom. The minimum atomic E-state index is -0.359. The lowest BCUT2D eigenvalue weighted by Crippen LogP contribution is -2.06. The van der Waals surface area contributed by atoms with Crippen molar-refractivity contribution in [2.24, 2.45) is 0 Å². The molecule has 3 aromatic carbocycles. The standard InChI is InChI=1S/C25H20N4O2/c1-3-31-25(30)17-10-8-11-18(15-17)29-23(19-12-5-4-9-16(19)2)28-22-24(29)27-21-14-7-6-13-20(21)26-22/h4-15H,3H2,1-2H3. The van der Waals surface area contributed by atoms with Crippen LogP contribution in [0.4, 0.5) is 0 Å². The van der Waals surface area contributed by atoms with Gasteiger partial charge in [0.2, 0.25) is 0 Å². The summed E-state index contributed by atoms with van der Waals surface area (Å²) >= 11 is 0. The van der Waals surface area contributed by atoms with Gasteiger partial charge in [0.05, 0.1) is 28.9 Å². The number of carbonyl (C=O) groups excluding carboxylic acids is 1. The van der Waals surface area contributed by atoms with Crippen LogP contribution in [0.25, 0.3) is 39.4 Å². The number of aromatic nitrogens is 4. The van der Waals surface area contributed by atoms with Crippen molar-refractivity contribution in [2.75, 3.05) is 6.61 Å². The molecule has 0 radical (unpaired) electrons. The summed E-state index contributed by atoms with van der Waals surface area (Å²) < 4.78 is 7.15. The number of aryl methyl sites for hydroxylation is 1. The predicted molar refractivity (Wildman–Crippen MR) is 120 cm³/mol. The Balaban J connectivity index is 1.82. The third-order valence-electron chi connectivity index (χ3n) is 5.17. The second-order valence-electron chi connectivity index (χ2n) is 7.22. The van der Waals surface area contributed by atoms with Gasteiger partial charge in [0, 0.05) is 5.56 Å². The predicted octanol–water partition coefficient (Wildman–Crippen LogP) is 5.12. The number of ether oxygens (including phenoxy) is 1. The van der Waals surface area contributed by atoms with Crippen LogP contribution in [0.1, 0.15) is 22.8 Å². The molecule has 0 aliphatic carbocycles. The molecular weight excluding hydrogens is 388 g/mol. The molecule has 0 saturated carbocycles. The van der Waals surface area contributed by atoms with E-state index in [0.29, 0.717) is 23.5 Å². The molecule has 0 saturated heterocycles. The first-order chi connectivity index (χ1) is 15.2. The van der Waals surface area contributed by atoms with Crippen molar-refractivity contribution in [1.29, 1.82) is 0 Å². The summed E-state index contributed by atoms with van der Waals surface area (Å²) in [6, 6.07) is 23.1. The van der Waals surface area contributed by atoms with Gasteiger partial charge < -0.3 is 4.74 Å². The van der Waals surface area contributed by atoms with Gasteiger partial charge in [0.1, 0.15) is 5.82 Å². The Kier molecular flexibility index (Phi) is 4.67. The SMILES string of the molecule is CCOC(=O)c1cccc(-n2c(-c3ccccc3C)nc3nc4ccccc4nc32)c1. The molecule has 2 heterocycles. The zero-order valence-corrected chi connectivity index (χ0v) is 17.2. The van der Waals surface area contributed by atoms with Gasteiger partial charge in [-0.3, -0.25) is 4.57 Å². The van der Waals surface area contributed by atoms with E-state index < -0.39 is 0 Å². The molecule has 5 aromatic rings. The Morgan fingerprint density at radius 1 is 0.903 bits per heavy atom. The number of hydrogen-bond donors (Lipinski definition) is 0. The van der Waals surface area contributed by atoms with Crippen LogP contribution in [0.3, 0.4) is 0 Å². The van der Waals surface area contributed by atoms with Crippen LogP contribution in [-0.4, -0.2) is 32.1 Å². The fourth-order valence-corrected chi connectivity index (χ4v) is 3.69. The van der Waals surface area contributed by atoms with Gasteiger partial charge in [-0.2, -0.15) is 0 Å². The molecule has 0 N–H and O–H groups in total. The number of esters is 1. The highest BCUT2D eigenvalue weighted by Crippen LogP contribution is 2.30. The van der Waals surface area contributed by atoms with Gasteiger partial charge in [-0.1, -0.05) is 42.5 Å². The van der Waals surface area contributed by atoms with E-state index in [1.54, 1.807) is 19.1 Å². The highest BCUT2D eigenvalue weighted by Gasteiger charge is 2.19. The molecule has 0 spiro atoms. The third kappa shape index (κ3) is 3.32. The number of nitrogens with zero attached hydrogens (tertiary/aromatic N) is 4. The van der Waals surface area contributed by atoms with E-state index in [2.05, 4.69) is 0 Å². The second-order valence-corrected chi connectivity index (χ2v) is 7.22. The number of fused-ring (bicyclic) bond motifs is 2. The Bertz CT molecular complexity index is 1440. The number of benzene rings is 3. The maximum absolute atomic E-state index is 12.3. The maximum Gasteiger partial charge on any atom is 0.338 e. The number of para-hydroxylation sites is 2. The van der Waals surface area contributed by atoms with Crippen molar-refractivity contribution < 1.29 is 9.53 Å². The zero-order chi connectivity index (χ0) is 21.4. The summed E-state index contributed by atoms with van der Waals surface area (Å²) in [4.78, 5) is 26.8. The normalized spacial score (nSPS) is 11.2. The molecule has 0 unspecified atom stereocenters. The number of imidazole rings is 1. The summed E-state index contributed by atoms with van der Waals surface area (Å²) in [5, 5.41) is 0. The molecule has 0 fully saturated rings. The van der Waals surface area contributed by atoms with Gasteiger partial charge in [-0.15, -0.1) is 0 Å². The van der Waals surface area contributed by atoms with E-state index in [1.165, 1.54) is 0 Å². The topological polar surface area (TPSA) is 69.9 Å². The van der Waals surface area contributed by atoms with Crippen LogP contribution >= 0.6 is 0 Å². The zero-order valence-electron chi connectivity index (χ0n) is 17.2. The molecule has 6 nitrogen and oxygen atoms in total. The van der Waals surface area contributed by atoms with Gasteiger partial charge in [0.25, 0.3) is 0 Å². The quantitative estimate of drug-likeness (QED) is 0.386. The first-order valence-corrected chi connectivity index (χ1v) is 10.1. The first-order valence-electron chi connectivity index (χ1n) is 10.1. The van der Waals surface area contributed by atoms with Crippen molar-refractivity contribution in [3.63, 3.8) is 0 Å². The first kappa shape index (κ1) is 18.9. The Labute approximate surface area is 179 Å². The van der Waals surface area contributed by atoms with Gasteiger partial charge in [-0.05, 0) is 49.7 Å². The van der Waals surface area contributed by atoms with Crippen LogP contribution in [0.15, 0.2) is 72.8 Å². The van der Waals surface area contributed by atoms with Crippen LogP contribution in [-0.2, 0) is 4.74 Å². The molecule has 0 bridgehead atoms. The smallest absolute Gasteiger partial charge is 0.338 e. The lowest BCUT2D eigenvalue weighted by molar-refractivity contribution is 0.0526. The van der Waals surface area contributed by atoms with Crippen molar-refractivity contribution >= 4 is 28.3 Å². The molecule has 5 rings (SSSR count). The fourth-order valence-electron chi connectivity index (χ4n) is 3.69. The average molecular weight is 408 g/mol. The summed E-state index contributed by atoms with van der Waals surface area (Å²) in [5.74, 6) is 0.368. The van der Waals surface area contributed by atoms with Gasteiger partial charge in [0.15, 0.2) is 11.3 Å². The van der Waals surface area contributed by atoms with Crippen LogP contribution in [0.5, 0.6) is 0 Å². The largest absolute Gasteiger partial charge is 0.462 e. The average Bonchev–Trinajstić information content (AvgIpc) is 3.16. The van der Waals surface area contributed by atoms with E-state index in [1.807, 2.05) is 72.2 Å². The second kappa shape index (κ2) is 7.65. The van der Waals surface area contributed by atoms with Crippen molar-refractivity contribution in [2.45, 2.75) is 13.8 Å². The third-order valence-corrected chi connectivity index (χ3v) is 5.17. The molecule has 152 valence electrons. The fraction of sp³-hybridized carbons (Fsp3) is 0.120. The maximum atomic E-state index is 12.3.